The van der Waals surface area contributed by atoms with E-state index in [4.69, 9.17) is 9.15 Å². The van der Waals surface area contributed by atoms with Crippen molar-refractivity contribution in [2.75, 3.05) is 0 Å². The topological polar surface area (TPSA) is 80.6 Å². The van der Waals surface area contributed by atoms with E-state index in [2.05, 4.69) is 10.9 Å². The van der Waals surface area contributed by atoms with Gasteiger partial charge in [-0.2, -0.15) is 0 Å². The average Bonchev–Trinajstić information content (AvgIpc) is 2.64. The van der Waals surface area contributed by atoms with Crippen molar-refractivity contribution in [3.05, 3.63) is 24.2 Å². The standard InChI is InChI=1S/C10H14N2O4/c1-10(2,3)16-9(14)12-11-8(13)7-5-4-6-15-7/h4-6H,1-3H3,(H,11,13)(H,12,14). The molecule has 0 spiro atoms. The van der Waals surface area contributed by atoms with Crippen LogP contribution in [-0.4, -0.2) is 17.6 Å². The number of ether oxygens (including phenoxy) is 1. The van der Waals surface area contributed by atoms with Crippen LogP contribution in [0.15, 0.2) is 22.8 Å². The Bertz CT molecular complexity index is 365. The van der Waals surface area contributed by atoms with Crippen LogP contribution in [0.5, 0.6) is 0 Å². The van der Waals surface area contributed by atoms with E-state index in [9.17, 15) is 9.59 Å². The first-order chi connectivity index (χ1) is 7.38. The van der Waals surface area contributed by atoms with E-state index in [1.165, 1.54) is 12.3 Å². The molecule has 0 atom stereocenters. The molecule has 0 saturated carbocycles. The number of furan rings is 1. The fraction of sp³-hybridized carbons (Fsp3) is 0.400. The Hall–Kier alpha value is -1.98. The second kappa shape index (κ2) is 4.69. The lowest BCUT2D eigenvalue weighted by molar-refractivity contribution is 0.0481. The molecule has 1 aromatic heterocycles. The van der Waals surface area contributed by atoms with Gasteiger partial charge in [0.05, 0.1) is 6.26 Å². The van der Waals surface area contributed by atoms with Crippen molar-refractivity contribution < 1.29 is 18.7 Å². The van der Waals surface area contributed by atoms with Gasteiger partial charge in [-0.3, -0.25) is 10.2 Å². The lowest BCUT2D eigenvalue weighted by Gasteiger charge is -2.19. The minimum Gasteiger partial charge on any atom is -0.459 e. The molecule has 2 amide bonds. The van der Waals surface area contributed by atoms with E-state index in [1.807, 2.05) is 0 Å². The van der Waals surface area contributed by atoms with Gasteiger partial charge in [-0.15, -0.1) is 0 Å². The van der Waals surface area contributed by atoms with Gasteiger partial charge in [0, 0.05) is 0 Å². The Kier molecular flexibility index (Phi) is 3.55. The maximum atomic E-state index is 11.3. The minimum atomic E-state index is -0.729. The highest BCUT2D eigenvalue weighted by molar-refractivity contribution is 5.92. The molecule has 1 rings (SSSR count). The predicted molar refractivity (Wildman–Crippen MR) is 55.5 cm³/mol. The number of nitrogens with one attached hydrogen (secondary N) is 2. The molecule has 0 saturated heterocycles. The van der Waals surface area contributed by atoms with Crippen LogP contribution in [0.3, 0.4) is 0 Å². The fourth-order valence-electron chi connectivity index (χ4n) is 0.881. The van der Waals surface area contributed by atoms with Crippen LogP contribution in [0.1, 0.15) is 31.3 Å². The third-order valence-electron chi connectivity index (χ3n) is 1.42. The lowest BCUT2D eigenvalue weighted by atomic mass is 10.2. The first kappa shape index (κ1) is 12.1. The zero-order chi connectivity index (χ0) is 12.2. The molecule has 0 fully saturated rings. The predicted octanol–water partition coefficient (Wildman–Crippen LogP) is 1.45. The van der Waals surface area contributed by atoms with Crippen molar-refractivity contribution in [3.8, 4) is 0 Å². The third kappa shape index (κ3) is 4.04. The molecule has 0 radical (unpaired) electrons. The van der Waals surface area contributed by atoms with Crippen molar-refractivity contribution in [1.82, 2.24) is 10.9 Å². The number of rotatable bonds is 1. The summed E-state index contributed by atoms with van der Waals surface area (Å²) in [5.41, 5.74) is 3.65. The maximum Gasteiger partial charge on any atom is 0.426 e. The van der Waals surface area contributed by atoms with Crippen molar-refractivity contribution >= 4 is 12.0 Å². The zero-order valence-corrected chi connectivity index (χ0v) is 9.37. The average molecular weight is 226 g/mol. The molecule has 0 aliphatic heterocycles. The fourth-order valence-corrected chi connectivity index (χ4v) is 0.881. The van der Waals surface area contributed by atoms with Gasteiger partial charge in [-0.05, 0) is 32.9 Å². The van der Waals surface area contributed by atoms with E-state index in [0.29, 0.717) is 0 Å². The monoisotopic (exact) mass is 226 g/mol. The van der Waals surface area contributed by atoms with Crippen LogP contribution < -0.4 is 10.9 Å². The van der Waals surface area contributed by atoms with Gasteiger partial charge in [0.25, 0.3) is 0 Å². The summed E-state index contributed by atoms with van der Waals surface area (Å²) < 4.78 is 9.73. The highest BCUT2D eigenvalue weighted by Gasteiger charge is 2.17. The molecule has 2 N–H and O–H groups in total. The zero-order valence-electron chi connectivity index (χ0n) is 9.37. The van der Waals surface area contributed by atoms with Crippen molar-refractivity contribution in [1.29, 1.82) is 0 Å². The number of hydrazine groups is 1. The molecule has 88 valence electrons. The Morgan fingerprint density at radius 3 is 2.50 bits per heavy atom. The Balaban J connectivity index is 2.35. The number of carbonyl (C=O) groups excluding carboxylic acids is 2. The normalized spacial score (nSPS) is 10.7. The molecular weight excluding hydrogens is 212 g/mol. The highest BCUT2D eigenvalue weighted by Crippen LogP contribution is 2.06. The van der Waals surface area contributed by atoms with E-state index in [1.54, 1.807) is 26.8 Å². The van der Waals surface area contributed by atoms with Gasteiger partial charge in [-0.1, -0.05) is 0 Å². The van der Waals surface area contributed by atoms with Gasteiger partial charge in [0.1, 0.15) is 5.60 Å². The smallest absolute Gasteiger partial charge is 0.426 e. The molecule has 0 aliphatic rings. The van der Waals surface area contributed by atoms with E-state index in [0.717, 1.165) is 0 Å². The Morgan fingerprint density at radius 1 is 1.31 bits per heavy atom. The summed E-state index contributed by atoms with van der Waals surface area (Å²) in [6, 6.07) is 3.05. The Morgan fingerprint density at radius 2 is 2.00 bits per heavy atom. The van der Waals surface area contributed by atoms with Gasteiger partial charge in [0.15, 0.2) is 5.76 Å². The molecule has 0 aliphatic carbocycles. The second-order valence-electron chi connectivity index (χ2n) is 4.06. The first-order valence-electron chi connectivity index (χ1n) is 4.71. The van der Waals surface area contributed by atoms with Gasteiger partial charge >= 0.3 is 12.0 Å². The van der Waals surface area contributed by atoms with Crippen LogP contribution in [0.4, 0.5) is 4.79 Å². The third-order valence-corrected chi connectivity index (χ3v) is 1.42. The molecule has 0 aromatic carbocycles. The summed E-state index contributed by atoms with van der Waals surface area (Å²) in [7, 11) is 0. The van der Waals surface area contributed by atoms with Crippen LogP contribution >= 0.6 is 0 Å². The summed E-state index contributed by atoms with van der Waals surface area (Å²) in [6.45, 7) is 5.17. The summed E-state index contributed by atoms with van der Waals surface area (Å²) in [6.07, 6.45) is 0.634. The van der Waals surface area contributed by atoms with Crippen LogP contribution in [0.2, 0.25) is 0 Å². The SMILES string of the molecule is CC(C)(C)OC(=O)NNC(=O)c1ccco1. The number of amides is 2. The van der Waals surface area contributed by atoms with Crippen LogP contribution in [0.25, 0.3) is 0 Å². The molecule has 0 unspecified atom stereocenters. The minimum absolute atomic E-state index is 0.107. The molecule has 1 aromatic rings. The lowest BCUT2D eigenvalue weighted by Crippen LogP contribution is -2.44. The largest absolute Gasteiger partial charge is 0.459 e. The molecule has 16 heavy (non-hydrogen) atoms. The Labute approximate surface area is 92.9 Å². The molecule has 0 bridgehead atoms. The number of hydrogen-bond donors (Lipinski definition) is 2. The second-order valence-corrected chi connectivity index (χ2v) is 4.06. The van der Waals surface area contributed by atoms with Crippen molar-refractivity contribution in [2.45, 2.75) is 26.4 Å². The van der Waals surface area contributed by atoms with Crippen LogP contribution in [0, 0.1) is 0 Å². The molecule has 1 heterocycles. The maximum absolute atomic E-state index is 11.3. The van der Waals surface area contributed by atoms with Gasteiger partial charge < -0.3 is 9.15 Å². The van der Waals surface area contributed by atoms with E-state index in [-0.39, 0.29) is 5.76 Å². The quantitative estimate of drug-likeness (QED) is 0.710. The first-order valence-corrected chi connectivity index (χ1v) is 4.71. The summed E-state index contributed by atoms with van der Waals surface area (Å²) >= 11 is 0. The van der Waals surface area contributed by atoms with E-state index >= 15 is 0 Å². The number of carbonyl (C=O) groups is 2. The molecular formula is C10H14N2O4. The number of hydrogen-bond acceptors (Lipinski definition) is 4. The van der Waals surface area contributed by atoms with Crippen LogP contribution in [-0.2, 0) is 4.74 Å². The van der Waals surface area contributed by atoms with Gasteiger partial charge in [0.2, 0.25) is 0 Å². The van der Waals surface area contributed by atoms with Gasteiger partial charge in [-0.25, -0.2) is 10.2 Å². The summed E-state index contributed by atoms with van der Waals surface area (Å²) in [5.74, 6) is -0.438. The van der Waals surface area contributed by atoms with E-state index < -0.39 is 17.6 Å². The highest BCUT2D eigenvalue weighted by atomic mass is 16.6. The van der Waals surface area contributed by atoms with Crippen molar-refractivity contribution in [3.63, 3.8) is 0 Å². The summed E-state index contributed by atoms with van der Waals surface area (Å²) in [5, 5.41) is 0. The van der Waals surface area contributed by atoms with Crippen molar-refractivity contribution in [2.24, 2.45) is 0 Å². The molecule has 6 nitrogen and oxygen atoms in total. The summed E-state index contributed by atoms with van der Waals surface area (Å²) in [4.78, 5) is 22.5. The molecule has 6 heteroatoms.